The van der Waals surface area contributed by atoms with Crippen molar-refractivity contribution >= 4 is 11.7 Å². The zero-order chi connectivity index (χ0) is 18.2. The molecular formula is C20H26N4O2. The minimum atomic E-state index is -0.199. The van der Waals surface area contributed by atoms with Gasteiger partial charge in [-0.15, -0.1) is 10.2 Å². The molecule has 138 valence electrons. The van der Waals surface area contributed by atoms with E-state index in [9.17, 15) is 4.79 Å². The zero-order valence-electron chi connectivity index (χ0n) is 15.3. The van der Waals surface area contributed by atoms with Crippen LogP contribution in [0.25, 0.3) is 0 Å². The highest BCUT2D eigenvalue weighted by Crippen LogP contribution is 2.18. The molecule has 0 saturated carbocycles. The van der Waals surface area contributed by atoms with Gasteiger partial charge in [0.1, 0.15) is 5.75 Å². The summed E-state index contributed by atoms with van der Waals surface area (Å²) in [5.41, 5.74) is 1.42. The average molecular weight is 354 g/mol. The number of para-hydroxylation sites is 1. The number of amides is 1. The van der Waals surface area contributed by atoms with E-state index in [1.807, 2.05) is 30.3 Å². The summed E-state index contributed by atoms with van der Waals surface area (Å²) in [6.07, 6.45) is 5.63. The van der Waals surface area contributed by atoms with Crippen molar-refractivity contribution in [2.45, 2.75) is 32.1 Å². The molecule has 6 nitrogen and oxygen atoms in total. The summed E-state index contributed by atoms with van der Waals surface area (Å²) in [4.78, 5) is 14.5. The smallest absolute Gasteiger partial charge is 0.271 e. The van der Waals surface area contributed by atoms with Crippen LogP contribution in [0.2, 0.25) is 0 Å². The molecule has 1 amide bonds. The Bertz CT molecular complexity index is 710. The quantitative estimate of drug-likeness (QED) is 0.864. The molecule has 1 fully saturated rings. The second kappa shape index (κ2) is 9.17. The van der Waals surface area contributed by atoms with Crippen LogP contribution in [0.3, 0.4) is 0 Å². The van der Waals surface area contributed by atoms with Crippen LogP contribution in [-0.4, -0.2) is 42.8 Å². The van der Waals surface area contributed by atoms with E-state index in [0.717, 1.165) is 30.2 Å². The zero-order valence-corrected chi connectivity index (χ0v) is 15.3. The minimum absolute atomic E-state index is 0.199. The number of ether oxygens (including phenoxy) is 1. The van der Waals surface area contributed by atoms with E-state index in [1.165, 1.54) is 25.7 Å². The molecule has 2 heterocycles. The predicted octanol–water partition coefficient (Wildman–Crippen LogP) is 2.84. The highest BCUT2D eigenvalue weighted by molar-refractivity contribution is 5.92. The predicted molar refractivity (Wildman–Crippen MR) is 102 cm³/mol. The van der Waals surface area contributed by atoms with E-state index in [0.29, 0.717) is 18.7 Å². The fraction of sp³-hybridized carbons (Fsp3) is 0.450. The number of hydrogen-bond donors (Lipinski definition) is 1. The molecule has 0 aliphatic carbocycles. The van der Waals surface area contributed by atoms with Gasteiger partial charge in [-0.2, -0.15) is 0 Å². The summed E-state index contributed by atoms with van der Waals surface area (Å²) in [7, 11) is 1.65. The number of carbonyl (C=O) groups is 1. The lowest BCUT2D eigenvalue weighted by atomic mass is 10.1. The lowest BCUT2D eigenvalue weighted by Crippen LogP contribution is -2.28. The molecule has 0 atom stereocenters. The van der Waals surface area contributed by atoms with Crippen LogP contribution in [0.4, 0.5) is 5.82 Å². The number of methoxy groups -OCH3 is 1. The highest BCUT2D eigenvalue weighted by atomic mass is 16.5. The van der Waals surface area contributed by atoms with Crippen LogP contribution in [0.5, 0.6) is 5.75 Å². The van der Waals surface area contributed by atoms with Crippen LogP contribution in [-0.2, 0) is 6.42 Å². The van der Waals surface area contributed by atoms with E-state index in [-0.39, 0.29) is 5.91 Å². The van der Waals surface area contributed by atoms with Gasteiger partial charge in [-0.3, -0.25) is 4.79 Å². The third-order valence-corrected chi connectivity index (χ3v) is 4.69. The number of carbonyl (C=O) groups excluding carboxylic acids is 1. The Kier molecular flexibility index (Phi) is 6.41. The molecule has 26 heavy (non-hydrogen) atoms. The van der Waals surface area contributed by atoms with Crippen LogP contribution in [0, 0.1) is 0 Å². The van der Waals surface area contributed by atoms with Crippen molar-refractivity contribution in [3.63, 3.8) is 0 Å². The molecule has 0 spiro atoms. The maximum absolute atomic E-state index is 12.3. The number of nitrogens with one attached hydrogen (secondary N) is 1. The molecule has 0 unspecified atom stereocenters. The SMILES string of the molecule is COc1ccccc1CCNC(=O)c1ccc(N2CCCCCC2)nn1. The van der Waals surface area contributed by atoms with Crippen molar-refractivity contribution in [1.29, 1.82) is 0 Å². The molecule has 1 aromatic heterocycles. The maximum atomic E-state index is 12.3. The molecule has 1 aliphatic rings. The van der Waals surface area contributed by atoms with E-state index in [4.69, 9.17) is 4.74 Å². The van der Waals surface area contributed by atoms with Crippen molar-refractivity contribution in [2.75, 3.05) is 31.6 Å². The maximum Gasteiger partial charge on any atom is 0.271 e. The van der Waals surface area contributed by atoms with Gasteiger partial charge in [-0.25, -0.2) is 0 Å². The van der Waals surface area contributed by atoms with E-state index >= 15 is 0 Å². The minimum Gasteiger partial charge on any atom is -0.496 e. The number of hydrogen-bond acceptors (Lipinski definition) is 5. The normalized spacial score (nSPS) is 14.6. The Morgan fingerprint density at radius 1 is 1.08 bits per heavy atom. The monoisotopic (exact) mass is 354 g/mol. The van der Waals surface area contributed by atoms with Crippen molar-refractivity contribution in [1.82, 2.24) is 15.5 Å². The second-order valence-corrected chi connectivity index (χ2v) is 6.50. The van der Waals surface area contributed by atoms with Gasteiger partial charge >= 0.3 is 0 Å². The van der Waals surface area contributed by atoms with Gasteiger partial charge in [0, 0.05) is 19.6 Å². The van der Waals surface area contributed by atoms with Gasteiger partial charge in [0.25, 0.3) is 5.91 Å². The molecule has 0 radical (unpaired) electrons. The van der Waals surface area contributed by atoms with Gasteiger partial charge in [0.15, 0.2) is 11.5 Å². The summed E-state index contributed by atoms with van der Waals surface area (Å²) in [5, 5.41) is 11.3. The second-order valence-electron chi connectivity index (χ2n) is 6.50. The Morgan fingerprint density at radius 2 is 1.85 bits per heavy atom. The van der Waals surface area contributed by atoms with Crippen molar-refractivity contribution in [2.24, 2.45) is 0 Å². The Morgan fingerprint density at radius 3 is 2.54 bits per heavy atom. The van der Waals surface area contributed by atoms with Crippen LogP contribution in [0.15, 0.2) is 36.4 Å². The Labute approximate surface area is 154 Å². The van der Waals surface area contributed by atoms with Gasteiger partial charge in [0.2, 0.25) is 0 Å². The van der Waals surface area contributed by atoms with Crippen LogP contribution >= 0.6 is 0 Å². The summed E-state index contributed by atoms with van der Waals surface area (Å²) in [5.74, 6) is 1.50. The summed E-state index contributed by atoms with van der Waals surface area (Å²) >= 11 is 0. The van der Waals surface area contributed by atoms with E-state index < -0.39 is 0 Å². The highest BCUT2D eigenvalue weighted by Gasteiger charge is 2.13. The van der Waals surface area contributed by atoms with Gasteiger partial charge in [-0.1, -0.05) is 31.0 Å². The fourth-order valence-electron chi connectivity index (χ4n) is 3.23. The van der Waals surface area contributed by atoms with Gasteiger partial charge < -0.3 is 15.0 Å². The molecule has 6 heteroatoms. The molecule has 1 N–H and O–H groups in total. The third-order valence-electron chi connectivity index (χ3n) is 4.69. The van der Waals surface area contributed by atoms with E-state index in [2.05, 4.69) is 20.4 Å². The van der Waals surface area contributed by atoms with Crippen molar-refractivity contribution in [3.8, 4) is 5.75 Å². The molecule has 0 bridgehead atoms. The topological polar surface area (TPSA) is 67.3 Å². The summed E-state index contributed by atoms with van der Waals surface area (Å²) < 4.78 is 5.33. The van der Waals surface area contributed by atoms with Gasteiger partial charge in [0.05, 0.1) is 7.11 Å². The first-order valence-electron chi connectivity index (χ1n) is 9.26. The number of anilines is 1. The molecule has 1 saturated heterocycles. The van der Waals surface area contributed by atoms with Gasteiger partial charge in [-0.05, 0) is 43.0 Å². The lowest BCUT2D eigenvalue weighted by molar-refractivity contribution is 0.0948. The first-order valence-corrected chi connectivity index (χ1v) is 9.26. The molecule has 2 aromatic rings. The molecule has 3 rings (SSSR count). The molecule has 1 aliphatic heterocycles. The Balaban J connectivity index is 1.53. The first kappa shape index (κ1) is 18.2. The largest absolute Gasteiger partial charge is 0.496 e. The first-order chi connectivity index (χ1) is 12.8. The number of rotatable bonds is 6. The molecule has 1 aromatic carbocycles. The Hall–Kier alpha value is -2.63. The average Bonchev–Trinajstić information content (AvgIpc) is 2.98. The third kappa shape index (κ3) is 4.71. The standard InChI is InChI=1S/C20H26N4O2/c1-26-18-9-5-4-8-16(18)12-13-21-20(25)17-10-11-19(23-22-17)24-14-6-2-3-7-15-24/h4-5,8-11H,2-3,6-7,12-15H2,1H3,(H,21,25). The van der Waals surface area contributed by atoms with Crippen LogP contribution in [0.1, 0.15) is 41.7 Å². The summed E-state index contributed by atoms with van der Waals surface area (Å²) in [6.45, 7) is 2.55. The number of benzene rings is 1. The van der Waals surface area contributed by atoms with Crippen LogP contribution < -0.4 is 15.0 Å². The van der Waals surface area contributed by atoms with Crippen molar-refractivity contribution in [3.05, 3.63) is 47.7 Å². The summed E-state index contributed by atoms with van der Waals surface area (Å²) in [6, 6.07) is 11.5. The number of nitrogens with zero attached hydrogens (tertiary/aromatic N) is 3. The van der Waals surface area contributed by atoms with E-state index in [1.54, 1.807) is 13.2 Å². The fourth-order valence-corrected chi connectivity index (χ4v) is 3.23. The molecular weight excluding hydrogens is 328 g/mol. The number of aromatic nitrogens is 2. The van der Waals surface area contributed by atoms with Crippen molar-refractivity contribution < 1.29 is 9.53 Å². The lowest BCUT2D eigenvalue weighted by Gasteiger charge is -2.20.